The third kappa shape index (κ3) is 3.80. The molecule has 80 valence electrons. The molecule has 0 heterocycles. The van der Waals surface area contributed by atoms with Crippen LogP contribution in [0, 0.1) is 13.8 Å². The molecular weight excluding hydrogens is 245 g/mol. The maximum atomic E-state index is 12.5. The minimum atomic E-state index is -5.01. The molecule has 1 aromatic carbocycles. The average Bonchev–Trinajstić information content (AvgIpc) is 2.09. The van der Waals surface area contributed by atoms with Crippen LogP contribution in [0.1, 0.15) is 11.1 Å². The standard InChI is InChI=1S/C8H8BF3N3.K/c1-5-4-8(14-15-13)6(2)3-7(5)9(10,11)12;/h3-4H,1-2H3;/q-1;+1. The quantitative estimate of drug-likeness (QED) is 0.315. The molecule has 3 nitrogen and oxygen atoms in total. The molecule has 0 bridgehead atoms. The van der Waals surface area contributed by atoms with Gasteiger partial charge in [0.2, 0.25) is 0 Å². The van der Waals surface area contributed by atoms with Crippen LogP contribution in [0.4, 0.5) is 18.6 Å². The van der Waals surface area contributed by atoms with E-state index in [1.807, 2.05) is 0 Å². The van der Waals surface area contributed by atoms with Gasteiger partial charge in [0.05, 0.1) is 0 Å². The molecule has 8 heteroatoms. The fourth-order valence-electron chi connectivity index (χ4n) is 1.33. The second-order valence-corrected chi connectivity index (χ2v) is 3.26. The Bertz CT molecular complexity index is 441. The first-order valence-corrected chi connectivity index (χ1v) is 4.22. The van der Waals surface area contributed by atoms with Crippen LogP contribution in [0.2, 0.25) is 0 Å². The predicted octanol–water partition coefficient (Wildman–Crippen LogP) is 0.304. The number of hydrogen-bond donors (Lipinski definition) is 0. The van der Waals surface area contributed by atoms with Gasteiger partial charge in [-0.25, -0.2) is 0 Å². The smallest absolute Gasteiger partial charge is 0.445 e. The summed E-state index contributed by atoms with van der Waals surface area (Å²) in [6.07, 6.45) is 0. The molecule has 0 radical (unpaired) electrons. The van der Waals surface area contributed by atoms with Crippen LogP contribution >= 0.6 is 0 Å². The van der Waals surface area contributed by atoms with Gasteiger partial charge in [-0.05, 0) is 24.9 Å². The number of halogens is 3. The molecule has 0 unspecified atom stereocenters. The molecule has 0 amide bonds. The molecule has 0 spiro atoms. The van der Waals surface area contributed by atoms with E-state index in [0.29, 0.717) is 5.56 Å². The molecule has 0 aliphatic rings. The Hall–Kier alpha value is 0.0213. The van der Waals surface area contributed by atoms with E-state index in [4.69, 9.17) is 5.53 Å². The molecule has 0 atom stereocenters. The number of benzene rings is 1. The summed E-state index contributed by atoms with van der Waals surface area (Å²) in [5.74, 6) is 0. The van der Waals surface area contributed by atoms with Crippen molar-refractivity contribution in [3.63, 3.8) is 0 Å². The van der Waals surface area contributed by atoms with E-state index in [2.05, 4.69) is 10.0 Å². The minimum Gasteiger partial charge on any atom is -0.445 e. The van der Waals surface area contributed by atoms with Crippen LogP contribution in [0.25, 0.3) is 10.4 Å². The second kappa shape index (κ2) is 6.09. The summed E-state index contributed by atoms with van der Waals surface area (Å²) in [6, 6.07) is 2.26. The van der Waals surface area contributed by atoms with Crippen LogP contribution in [0.3, 0.4) is 0 Å². The Morgan fingerprint density at radius 2 is 1.75 bits per heavy atom. The van der Waals surface area contributed by atoms with Crippen molar-refractivity contribution >= 4 is 18.1 Å². The summed E-state index contributed by atoms with van der Waals surface area (Å²) in [7, 11) is 0. The molecule has 0 saturated carbocycles. The van der Waals surface area contributed by atoms with Gasteiger partial charge in [0.1, 0.15) is 0 Å². The van der Waals surface area contributed by atoms with Crippen molar-refractivity contribution < 1.29 is 64.3 Å². The zero-order chi connectivity index (χ0) is 11.6. The van der Waals surface area contributed by atoms with E-state index in [1.165, 1.54) is 19.9 Å². The number of aryl methyl sites for hydroxylation is 2. The van der Waals surface area contributed by atoms with E-state index in [0.717, 1.165) is 6.07 Å². The van der Waals surface area contributed by atoms with Gasteiger partial charge >= 0.3 is 58.4 Å². The third-order valence-electron chi connectivity index (χ3n) is 2.09. The van der Waals surface area contributed by atoms with E-state index >= 15 is 0 Å². The van der Waals surface area contributed by atoms with Gasteiger partial charge in [0.25, 0.3) is 0 Å². The van der Waals surface area contributed by atoms with Crippen molar-refractivity contribution in [1.29, 1.82) is 0 Å². The van der Waals surface area contributed by atoms with Gasteiger partial charge in [0, 0.05) is 10.6 Å². The maximum Gasteiger partial charge on any atom is 1.00 e. The number of azide groups is 1. The van der Waals surface area contributed by atoms with Gasteiger partial charge in [-0.3, -0.25) is 0 Å². The topological polar surface area (TPSA) is 48.8 Å². The molecule has 1 rings (SSSR count). The number of hydrogen-bond acceptors (Lipinski definition) is 1. The molecule has 0 aliphatic heterocycles. The van der Waals surface area contributed by atoms with E-state index in [1.54, 1.807) is 0 Å². The van der Waals surface area contributed by atoms with E-state index in [-0.39, 0.29) is 62.6 Å². The zero-order valence-electron chi connectivity index (χ0n) is 9.21. The van der Waals surface area contributed by atoms with E-state index < -0.39 is 12.4 Å². The first-order chi connectivity index (χ1) is 6.86. The summed E-state index contributed by atoms with van der Waals surface area (Å²) in [5, 5.41) is 3.31. The van der Waals surface area contributed by atoms with Gasteiger partial charge in [-0.2, -0.15) is 0 Å². The third-order valence-corrected chi connectivity index (χ3v) is 2.09. The Labute approximate surface area is 134 Å². The Morgan fingerprint density at radius 3 is 2.19 bits per heavy atom. The Balaban J connectivity index is 0.00000225. The zero-order valence-corrected chi connectivity index (χ0v) is 12.3. The summed E-state index contributed by atoms with van der Waals surface area (Å²) < 4.78 is 37.5. The largest absolute Gasteiger partial charge is 1.00 e. The fraction of sp³-hybridized carbons (Fsp3) is 0.250. The maximum absolute atomic E-state index is 12.5. The van der Waals surface area contributed by atoms with Crippen molar-refractivity contribution in [2.75, 3.05) is 0 Å². The van der Waals surface area contributed by atoms with Crippen LogP contribution in [-0.4, -0.2) is 6.98 Å². The fourth-order valence-corrected chi connectivity index (χ4v) is 1.33. The second-order valence-electron chi connectivity index (χ2n) is 3.26. The van der Waals surface area contributed by atoms with Crippen molar-refractivity contribution in [3.8, 4) is 0 Å². The van der Waals surface area contributed by atoms with Crippen molar-refractivity contribution in [3.05, 3.63) is 33.7 Å². The number of rotatable bonds is 2. The summed E-state index contributed by atoms with van der Waals surface area (Å²) >= 11 is 0. The summed E-state index contributed by atoms with van der Waals surface area (Å²) in [5.41, 5.74) is 8.21. The number of nitrogens with zero attached hydrogens (tertiary/aromatic N) is 3. The van der Waals surface area contributed by atoms with Crippen molar-refractivity contribution in [2.45, 2.75) is 13.8 Å². The van der Waals surface area contributed by atoms with E-state index in [9.17, 15) is 12.9 Å². The van der Waals surface area contributed by atoms with Crippen molar-refractivity contribution in [2.24, 2.45) is 5.11 Å². The Kier molecular flexibility index (Phi) is 6.10. The Morgan fingerprint density at radius 1 is 1.19 bits per heavy atom. The molecule has 0 N–H and O–H groups in total. The predicted molar refractivity (Wildman–Crippen MR) is 53.4 cm³/mol. The molecule has 16 heavy (non-hydrogen) atoms. The normalized spacial score (nSPS) is 10.3. The molecule has 0 fully saturated rings. The minimum absolute atomic E-state index is 0. The summed E-state index contributed by atoms with van der Waals surface area (Å²) in [6.45, 7) is -2.18. The van der Waals surface area contributed by atoms with Crippen LogP contribution in [-0.2, 0) is 0 Å². The molecular formula is C8H8BF3KN3. The molecule has 0 saturated heterocycles. The van der Waals surface area contributed by atoms with Gasteiger partial charge in [-0.15, -0.1) is 5.46 Å². The molecule has 0 aliphatic carbocycles. The monoisotopic (exact) mass is 253 g/mol. The average molecular weight is 253 g/mol. The SMILES string of the molecule is Cc1cc([B-](F)(F)F)c(C)cc1N=[N+]=[N-].[K+]. The summed E-state index contributed by atoms with van der Waals surface area (Å²) in [4.78, 5) is 2.55. The first-order valence-electron chi connectivity index (χ1n) is 4.22. The van der Waals surface area contributed by atoms with Crippen LogP contribution < -0.4 is 56.8 Å². The van der Waals surface area contributed by atoms with Crippen LogP contribution in [0.5, 0.6) is 0 Å². The molecule has 0 aromatic heterocycles. The van der Waals surface area contributed by atoms with Gasteiger partial charge < -0.3 is 12.9 Å². The molecule has 1 aromatic rings. The van der Waals surface area contributed by atoms with Gasteiger partial charge in [0.15, 0.2) is 0 Å². The van der Waals surface area contributed by atoms with Crippen LogP contribution in [0.15, 0.2) is 17.2 Å². The first kappa shape index (κ1) is 16.0. The van der Waals surface area contributed by atoms with Crippen molar-refractivity contribution in [1.82, 2.24) is 0 Å². The van der Waals surface area contributed by atoms with Gasteiger partial charge in [-0.1, -0.05) is 22.8 Å².